The van der Waals surface area contributed by atoms with Crippen molar-refractivity contribution in [1.29, 1.82) is 0 Å². The third kappa shape index (κ3) is 5.66. The predicted octanol–water partition coefficient (Wildman–Crippen LogP) is 2.65. The smallest absolute Gasteiger partial charge is 0.219 e. The Morgan fingerprint density at radius 1 is 1.04 bits per heavy atom. The van der Waals surface area contributed by atoms with Crippen LogP contribution in [0.3, 0.4) is 0 Å². The van der Waals surface area contributed by atoms with E-state index < -0.39 is 0 Å². The molecule has 0 saturated carbocycles. The van der Waals surface area contributed by atoms with E-state index in [1.165, 1.54) is 0 Å². The lowest BCUT2D eigenvalue weighted by Gasteiger charge is -2.34. The molecule has 1 aliphatic heterocycles. The molecule has 0 spiro atoms. The fourth-order valence-electron chi connectivity index (χ4n) is 2.89. The highest BCUT2D eigenvalue weighted by Gasteiger charge is 2.24. The van der Waals surface area contributed by atoms with E-state index in [4.69, 9.17) is 9.97 Å². The number of nitrogens with zero attached hydrogens (tertiary/aromatic N) is 4. The van der Waals surface area contributed by atoms with E-state index in [9.17, 15) is 4.79 Å². The van der Waals surface area contributed by atoms with Crippen LogP contribution in [0.15, 0.2) is 6.07 Å². The Balaban J connectivity index is 1.98. The van der Waals surface area contributed by atoms with Crippen molar-refractivity contribution >= 4 is 11.7 Å². The van der Waals surface area contributed by atoms with Crippen molar-refractivity contribution < 1.29 is 4.79 Å². The number of nitrogens with one attached hydrogen (secondary N) is 1. The van der Waals surface area contributed by atoms with Gasteiger partial charge in [-0.3, -0.25) is 9.69 Å². The highest BCUT2D eigenvalue weighted by atomic mass is 16.2. The molecule has 1 saturated heterocycles. The normalized spacial score (nSPS) is 16.7. The molecule has 0 bridgehead atoms. The van der Waals surface area contributed by atoms with Crippen LogP contribution in [-0.2, 0) is 15.6 Å². The van der Waals surface area contributed by atoms with E-state index in [1.807, 2.05) is 4.90 Å². The number of carbonyl (C=O) groups is 1. The summed E-state index contributed by atoms with van der Waals surface area (Å²) in [5, 5.41) is 3.48. The van der Waals surface area contributed by atoms with Crippen molar-refractivity contribution in [2.75, 3.05) is 44.6 Å². The van der Waals surface area contributed by atoms with Crippen molar-refractivity contribution in [1.82, 2.24) is 19.8 Å². The van der Waals surface area contributed by atoms with Gasteiger partial charge in [0.15, 0.2) is 0 Å². The molecule has 0 atom stereocenters. The summed E-state index contributed by atoms with van der Waals surface area (Å²) in [7, 11) is 0. The lowest BCUT2D eigenvalue weighted by Crippen LogP contribution is -2.49. The van der Waals surface area contributed by atoms with Crippen molar-refractivity contribution in [3.05, 3.63) is 17.6 Å². The van der Waals surface area contributed by atoms with Gasteiger partial charge < -0.3 is 10.2 Å². The highest BCUT2D eigenvalue weighted by Crippen LogP contribution is 2.26. The number of piperazine rings is 1. The van der Waals surface area contributed by atoms with Gasteiger partial charge in [-0.2, -0.15) is 0 Å². The number of rotatable bonds is 4. The first-order chi connectivity index (χ1) is 12.0. The van der Waals surface area contributed by atoms with E-state index in [0.29, 0.717) is 0 Å². The first kappa shape index (κ1) is 20.6. The molecule has 26 heavy (non-hydrogen) atoms. The van der Waals surface area contributed by atoms with Crippen molar-refractivity contribution in [3.8, 4) is 0 Å². The predicted molar refractivity (Wildman–Crippen MR) is 107 cm³/mol. The van der Waals surface area contributed by atoms with Gasteiger partial charge in [0.05, 0.1) is 5.69 Å². The van der Waals surface area contributed by atoms with Crippen LogP contribution < -0.4 is 5.32 Å². The maximum atomic E-state index is 11.4. The maximum absolute atomic E-state index is 11.4. The monoisotopic (exact) mass is 361 g/mol. The Hall–Kier alpha value is -1.69. The fraction of sp³-hybridized carbons (Fsp3) is 0.750. The minimum Gasteiger partial charge on any atom is -0.369 e. The number of hydrogen-bond donors (Lipinski definition) is 1. The zero-order chi connectivity index (χ0) is 19.5. The minimum absolute atomic E-state index is 0.0115. The highest BCUT2D eigenvalue weighted by molar-refractivity contribution is 5.73. The van der Waals surface area contributed by atoms with Crippen LogP contribution in [0.2, 0.25) is 0 Å². The van der Waals surface area contributed by atoms with Gasteiger partial charge in [-0.15, -0.1) is 0 Å². The molecule has 0 radical (unpaired) electrons. The zero-order valence-electron chi connectivity index (χ0n) is 17.5. The van der Waals surface area contributed by atoms with Gasteiger partial charge in [0, 0.05) is 63.1 Å². The summed E-state index contributed by atoms with van der Waals surface area (Å²) in [5.41, 5.74) is 0.971. The van der Waals surface area contributed by atoms with Gasteiger partial charge in [0.1, 0.15) is 11.6 Å². The summed E-state index contributed by atoms with van der Waals surface area (Å²) < 4.78 is 0. The Kier molecular flexibility index (Phi) is 6.27. The fourth-order valence-corrected chi connectivity index (χ4v) is 2.89. The van der Waals surface area contributed by atoms with E-state index in [-0.39, 0.29) is 16.7 Å². The summed E-state index contributed by atoms with van der Waals surface area (Å²) in [4.78, 5) is 25.3. The summed E-state index contributed by atoms with van der Waals surface area (Å²) in [5.74, 6) is 1.95. The summed E-state index contributed by atoms with van der Waals surface area (Å²) >= 11 is 0. The molecule has 6 heteroatoms. The van der Waals surface area contributed by atoms with Gasteiger partial charge in [0.2, 0.25) is 5.91 Å². The molecule has 6 nitrogen and oxygen atoms in total. The molecule has 2 heterocycles. The second kappa shape index (κ2) is 7.91. The van der Waals surface area contributed by atoms with E-state index in [1.54, 1.807) is 6.92 Å². The van der Waals surface area contributed by atoms with Crippen molar-refractivity contribution in [2.24, 2.45) is 0 Å². The zero-order valence-corrected chi connectivity index (χ0v) is 17.5. The second-order valence-corrected chi connectivity index (χ2v) is 9.24. The maximum Gasteiger partial charge on any atom is 0.219 e. The topological polar surface area (TPSA) is 61.4 Å². The molecule has 1 aromatic rings. The van der Waals surface area contributed by atoms with E-state index in [0.717, 1.165) is 56.6 Å². The first-order valence-electron chi connectivity index (χ1n) is 9.58. The van der Waals surface area contributed by atoms with Crippen LogP contribution in [0, 0.1) is 0 Å². The molecule has 0 unspecified atom stereocenters. The van der Waals surface area contributed by atoms with Crippen LogP contribution in [-0.4, -0.2) is 64.9 Å². The van der Waals surface area contributed by atoms with Crippen molar-refractivity contribution in [3.63, 3.8) is 0 Å². The molecule has 0 aromatic carbocycles. The average molecular weight is 362 g/mol. The molecular weight excluding hydrogens is 326 g/mol. The second-order valence-electron chi connectivity index (χ2n) is 9.24. The van der Waals surface area contributed by atoms with Crippen LogP contribution in [0.4, 0.5) is 5.82 Å². The van der Waals surface area contributed by atoms with E-state index in [2.05, 4.69) is 57.8 Å². The molecule has 1 N–H and O–H groups in total. The molecule has 1 fully saturated rings. The summed E-state index contributed by atoms with van der Waals surface area (Å²) in [6.07, 6.45) is 0. The quantitative estimate of drug-likeness (QED) is 0.893. The molecule has 1 aliphatic rings. The number of anilines is 1. The Morgan fingerprint density at radius 2 is 1.65 bits per heavy atom. The molecule has 2 rings (SSSR count). The minimum atomic E-state index is -0.0826. The van der Waals surface area contributed by atoms with Gasteiger partial charge in [-0.25, -0.2) is 9.97 Å². The third-order valence-electron chi connectivity index (χ3n) is 4.72. The number of amides is 1. The Morgan fingerprint density at radius 3 is 2.15 bits per heavy atom. The lowest BCUT2D eigenvalue weighted by atomic mass is 9.90. The average Bonchev–Trinajstić information content (AvgIpc) is 2.53. The van der Waals surface area contributed by atoms with Crippen LogP contribution in [0.25, 0.3) is 0 Å². The van der Waals surface area contributed by atoms with Gasteiger partial charge in [-0.1, -0.05) is 41.5 Å². The molecule has 0 aliphatic carbocycles. The number of carbonyl (C=O) groups excluding carboxylic acids is 1. The van der Waals surface area contributed by atoms with Gasteiger partial charge >= 0.3 is 0 Å². The summed E-state index contributed by atoms with van der Waals surface area (Å²) in [6.45, 7) is 19.9. The molecule has 1 aromatic heterocycles. The standard InChI is InChI=1S/C20H35N5O/c1-15(26)25-12-10-24(11-13-25)9-8-21-17-14-16(19(2,3)4)22-18(23-17)20(5,6)7/h14H,8-13H2,1-7H3,(H,21,22,23). The lowest BCUT2D eigenvalue weighted by molar-refractivity contribution is -0.130. The van der Waals surface area contributed by atoms with Crippen molar-refractivity contribution in [2.45, 2.75) is 59.3 Å². The molecule has 146 valence electrons. The Labute approximate surface area is 158 Å². The first-order valence-corrected chi connectivity index (χ1v) is 9.58. The van der Waals surface area contributed by atoms with Gasteiger partial charge in [-0.05, 0) is 0 Å². The number of aromatic nitrogens is 2. The van der Waals surface area contributed by atoms with Crippen LogP contribution in [0.5, 0.6) is 0 Å². The third-order valence-corrected chi connectivity index (χ3v) is 4.72. The molecular formula is C20H35N5O. The van der Waals surface area contributed by atoms with E-state index >= 15 is 0 Å². The number of hydrogen-bond acceptors (Lipinski definition) is 5. The molecule has 1 amide bonds. The van der Waals surface area contributed by atoms with Gasteiger partial charge in [0.25, 0.3) is 0 Å². The Bertz CT molecular complexity index is 590. The largest absolute Gasteiger partial charge is 0.369 e. The SMILES string of the molecule is CC(=O)N1CCN(CCNc2cc(C(C)(C)C)nc(C(C)(C)C)n2)CC1. The van der Waals surface area contributed by atoms with Crippen LogP contribution >= 0.6 is 0 Å². The summed E-state index contributed by atoms with van der Waals surface area (Å²) in [6, 6.07) is 2.07. The van der Waals surface area contributed by atoms with Crippen LogP contribution in [0.1, 0.15) is 60.0 Å².